The number of aliphatic hydroxyl groups is 1. The number of esters is 1. The van der Waals surface area contributed by atoms with Gasteiger partial charge < -0.3 is 19.5 Å². The van der Waals surface area contributed by atoms with Crippen LogP contribution in [0.4, 0.5) is 0 Å². The van der Waals surface area contributed by atoms with Crippen LogP contribution in [0, 0.1) is 0 Å². The summed E-state index contributed by atoms with van der Waals surface area (Å²) < 4.78 is 11.9. The molecule has 200 valence electrons. The Morgan fingerprint density at radius 3 is 2.13 bits per heavy atom. The van der Waals surface area contributed by atoms with Crippen molar-refractivity contribution in [2.24, 2.45) is 0 Å². The van der Waals surface area contributed by atoms with Crippen molar-refractivity contribution in [3.05, 3.63) is 99.8 Å². The molecule has 1 aromatic heterocycles. The molecule has 3 aromatic rings. The predicted molar refractivity (Wildman–Crippen MR) is 145 cm³/mol. The van der Waals surface area contributed by atoms with Crippen LogP contribution in [0.2, 0.25) is 10.0 Å². The molecule has 9 heteroatoms. The lowest BCUT2D eigenvalue weighted by atomic mass is 9.88. The molecule has 1 N–H and O–H groups in total. The quantitative estimate of drug-likeness (QED) is 0.332. The maximum absolute atomic E-state index is 14.2. The molecule has 0 aliphatic carbocycles. The number of benzene rings is 2. The van der Waals surface area contributed by atoms with Gasteiger partial charge in [0.2, 0.25) is 0 Å². The molecule has 0 saturated carbocycles. The lowest BCUT2D eigenvalue weighted by Crippen LogP contribution is -2.58. The van der Waals surface area contributed by atoms with Gasteiger partial charge in [-0.2, -0.15) is 0 Å². The number of morpholine rings is 1. The molecule has 1 saturated heterocycles. The molecule has 3 unspecified atom stereocenters. The fourth-order valence-electron chi connectivity index (χ4n) is 4.80. The Balaban J connectivity index is 1.90. The highest BCUT2D eigenvalue weighted by Gasteiger charge is 2.50. The minimum Gasteiger partial charge on any atom is -0.464 e. The maximum atomic E-state index is 14.2. The molecule has 38 heavy (non-hydrogen) atoms. The van der Waals surface area contributed by atoms with E-state index >= 15 is 0 Å². The van der Waals surface area contributed by atoms with Crippen LogP contribution in [-0.2, 0) is 19.1 Å². The van der Waals surface area contributed by atoms with Crippen molar-refractivity contribution < 1.29 is 24.2 Å². The lowest BCUT2D eigenvalue weighted by molar-refractivity contribution is -0.198. The number of hydrogen-bond acceptors (Lipinski definition) is 6. The Morgan fingerprint density at radius 2 is 1.58 bits per heavy atom. The second-order valence-corrected chi connectivity index (χ2v) is 9.93. The summed E-state index contributed by atoms with van der Waals surface area (Å²) in [5.41, 5.74) is 1.93. The zero-order chi connectivity index (χ0) is 27.2. The summed E-state index contributed by atoms with van der Waals surface area (Å²) in [5.74, 6) is -1.01. The summed E-state index contributed by atoms with van der Waals surface area (Å²) in [7, 11) is 0. The molecule has 5 atom stereocenters. The first-order chi connectivity index (χ1) is 18.3. The number of aromatic nitrogens is 1. The molecular weight excluding hydrogens is 527 g/mol. The number of aliphatic hydroxyl groups excluding tert-OH is 1. The molecule has 1 fully saturated rings. The van der Waals surface area contributed by atoms with E-state index in [0.717, 1.165) is 11.1 Å². The van der Waals surface area contributed by atoms with Crippen molar-refractivity contribution in [2.45, 2.75) is 57.1 Å². The van der Waals surface area contributed by atoms with Crippen molar-refractivity contribution in [2.75, 3.05) is 6.61 Å². The van der Waals surface area contributed by atoms with Crippen LogP contribution in [-0.4, -0.2) is 45.6 Å². The van der Waals surface area contributed by atoms with Crippen LogP contribution in [0.3, 0.4) is 0 Å². The monoisotopic (exact) mass is 556 g/mol. The highest BCUT2D eigenvalue weighted by Crippen LogP contribution is 2.46. The Morgan fingerprint density at radius 1 is 1.00 bits per heavy atom. The number of amides is 1. The van der Waals surface area contributed by atoms with E-state index in [9.17, 15) is 14.7 Å². The zero-order valence-electron chi connectivity index (χ0n) is 21.2. The van der Waals surface area contributed by atoms with E-state index in [0.29, 0.717) is 28.5 Å². The highest BCUT2D eigenvalue weighted by molar-refractivity contribution is 6.30. The first kappa shape index (κ1) is 28.0. The molecule has 0 bridgehead atoms. The van der Waals surface area contributed by atoms with Crippen molar-refractivity contribution in [1.29, 1.82) is 0 Å². The minimum atomic E-state index is -1.29. The van der Waals surface area contributed by atoms with Gasteiger partial charge in [-0.1, -0.05) is 60.8 Å². The summed E-state index contributed by atoms with van der Waals surface area (Å²) in [6, 6.07) is 15.9. The van der Waals surface area contributed by atoms with Crippen molar-refractivity contribution in [1.82, 2.24) is 9.88 Å². The van der Waals surface area contributed by atoms with Gasteiger partial charge in [-0.25, -0.2) is 4.79 Å². The van der Waals surface area contributed by atoms with Crippen LogP contribution in [0.25, 0.3) is 0 Å². The second kappa shape index (κ2) is 12.7. The summed E-state index contributed by atoms with van der Waals surface area (Å²) >= 11 is 12.4. The van der Waals surface area contributed by atoms with Crippen LogP contribution < -0.4 is 0 Å². The van der Waals surface area contributed by atoms with E-state index in [1.54, 1.807) is 43.3 Å². The van der Waals surface area contributed by atoms with E-state index in [2.05, 4.69) is 4.98 Å². The van der Waals surface area contributed by atoms with Crippen LogP contribution in [0.5, 0.6) is 0 Å². The van der Waals surface area contributed by atoms with Gasteiger partial charge in [0.15, 0.2) is 6.10 Å². The molecule has 4 rings (SSSR count). The Labute approximate surface area is 232 Å². The Kier molecular flexibility index (Phi) is 9.39. The molecule has 1 amide bonds. The molecule has 7 nitrogen and oxygen atoms in total. The van der Waals surface area contributed by atoms with Gasteiger partial charge in [-0.3, -0.25) is 9.78 Å². The molecule has 2 heterocycles. The maximum Gasteiger partial charge on any atom is 0.328 e. The number of rotatable bonds is 9. The number of nitrogens with zero attached hydrogens (tertiary/aromatic N) is 2. The van der Waals surface area contributed by atoms with Crippen molar-refractivity contribution in [3.8, 4) is 0 Å². The van der Waals surface area contributed by atoms with E-state index in [-0.39, 0.29) is 6.61 Å². The molecule has 2 aromatic carbocycles. The lowest BCUT2D eigenvalue weighted by Gasteiger charge is -2.48. The van der Waals surface area contributed by atoms with Gasteiger partial charge in [-0.15, -0.1) is 0 Å². The highest BCUT2D eigenvalue weighted by atomic mass is 35.5. The minimum absolute atomic E-state index is 0.173. The average Bonchev–Trinajstić information content (AvgIpc) is 2.93. The van der Waals surface area contributed by atoms with Crippen LogP contribution >= 0.6 is 23.2 Å². The van der Waals surface area contributed by atoms with Crippen molar-refractivity contribution >= 4 is 35.1 Å². The standard InChI is InChI=1S/C29H30Cl2N2O5/c1-3-5-23(29(36)37-4-2)33-24(18-6-10-21(30)11-7-18)26(20-8-12-22(31)13-9-20)38-27(28(33)35)25(34)19-14-16-32-17-15-19/h6-17,23-27,34H,3-5H2,1-2H3/t23-,24?,25-,26?,27?/m1/s1. The van der Waals surface area contributed by atoms with E-state index in [4.69, 9.17) is 32.7 Å². The first-order valence-electron chi connectivity index (χ1n) is 12.6. The summed E-state index contributed by atoms with van der Waals surface area (Å²) in [6.07, 6.45) is 0.769. The largest absolute Gasteiger partial charge is 0.464 e. The number of halogens is 2. The third kappa shape index (κ3) is 6.02. The Bertz CT molecular complexity index is 1220. The molecule has 0 spiro atoms. The third-order valence-corrected chi connectivity index (χ3v) is 7.08. The number of hydrogen-bond donors (Lipinski definition) is 1. The molecule has 1 aliphatic heterocycles. The molecule has 1 aliphatic rings. The molecule has 0 radical (unpaired) electrons. The van der Waals surface area contributed by atoms with Gasteiger partial charge in [0, 0.05) is 22.4 Å². The van der Waals surface area contributed by atoms with E-state index < -0.39 is 42.3 Å². The normalized spacial score (nSPS) is 21.1. The van der Waals surface area contributed by atoms with Gasteiger partial charge in [-0.05, 0) is 66.4 Å². The van der Waals surface area contributed by atoms with Gasteiger partial charge in [0.1, 0.15) is 18.2 Å². The van der Waals surface area contributed by atoms with Gasteiger partial charge in [0.25, 0.3) is 5.91 Å². The predicted octanol–water partition coefficient (Wildman–Crippen LogP) is 5.86. The number of carbonyl (C=O) groups excluding carboxylic acids is 2. The van der Waals surface area contributed by atoms with Crippen molar-refractivity contribution in [3.63, 3.8) is 0 Å². The fourth-order valence-corrected chi connectivity index (χ4v) is 5.06. The van der Waals surface area contributed by atoms with Crippen LogP contribution in [0.1, 0.15) is 61.6 Å². The van der Waals surface area contributed by atoms with Gasteiger partial charge >= 0.3 is 5.97 Å². The van der Waals surface area contributed by atoms with E-state index in [1.165, 1.54) is 17.3 Å². The Hall–Kier alpha value is -2.97. The summed E-state index contributed by atoms with van der Waals surface area (Å²) in [6.45, 7) is 3.84. The fraction of sp³-hybridized carbons (Fsp3) is 0.345. The SMILES string of the molecule is CCC[C@H](C(=O)OCC)N1C(=O)C([C@H](O)c2ccncc2)OC(c2ccc(Cl)cc2)C1c1ccc(Cl)cc1. The second-order valence-electron chi connectivity index (χ2n) is 9.05. The van der Waals surface area contributed by atoms with Gasteiger partial charge in [0.05, 0.1) is 12.6 Å². The number of carbonyl (C=O) groups is 2. The summed E-state index contributed by atoms with van der Waals surface area (Å²) in [5, 5.41) is 12.4. The first-order valence-corrected chi connectivity index (χ1v) is 13.3. The van der Waals surface area contributed by atoms with Crippen LogP contribution in [0.15, 0.2) is 73.1 Å². The topological polar surface area (TPSA) is 89.0 Å². The smallest absolute Gasteiger partial charge is 0.328 e. The summed E-state index contributed by atoms with van der Waals surface area (Å²) in [4.78, 5) is 33.0. The number of pyridine rings is 1. The average molecular weight is 557 g/mol. The number of ether oxygens (including phenoxy) is 2. The molecular formula is C29H30Cl2N2O5. The zero-order valence-corrected chi connectivity index (χ0v) is 22.7. The van der Waals surface area contributed by atoms with E-state index in [1.807, 2.05) is 31.2 Å². The third-order valence-electron chi connectivity index (χ3n) is 6.58.